The van der Waals surface area contributed by atoms with E-state index in [4.69, 9.17) is 0 Å². The molecule has 1 heterocycles. The standard InChI is InChI=1S/C19H14BrN5O/c1-13-3-2-4-14(9-13)10-16(11-21)19-22-24-25(23-19)12-18(26)15-5-7-17(20)8-6-15/h2-10H,12H2,1H3/b16-10+. The molecular formula is C19H14BrN5O. The van der Waals surface area contributed by atoms with Gasteiger partial charge in [0.15, 0.2) is 5.78 Å². The molecule has 2 aromatic carbocycles. The lowest BCUT2D eigenvalue weighted by Crippen LogP contribution is -2.13. The highest BCUT2D eigenvalue weighted by molar-refractivity contribution is 9.10. The van der Waals surface area contributed by atoms with Crippen molar-refractivity contribution in [1.29, 1.82) is 5.26 Å². The van der Waals surface area contributed by atoms with Crippen molar-refractivity contribution in [3.8, 4) is 6.07 Å². The molecule has 128 valence electrons. The fraction of sp³-hybridized carbons (Fsp3) is 0.105. The van der Waals surface area contributed by atoms with Crippen molar-refractivity contribution in [2.24, 2.45) is 0 Å². The molecule has 0 bridgehead atoms. The molecule has 3 rings (SSSR count). The minimum absolute atomic E-state index is 0.0439. The number of hydrogen-bond acceptors (Lipinski definition) is 5. The normalized spacial score (nSPS) is 11.2. The van der Waals surface area contributed by atoms with Gasteiger partial charge in [0.2, 0.25) is 5.82 Å². The van der Waals surface area contributed by atoms with Crippen molar-refractivity contribution in [2.75, 3.05) is 0 Å². The summed E-state index contributed by atoms with van der Waals surface area (Å²) in [6.07, 6.45) is 1.70. The molecule has 0 aliphatic carbocycles. The van der Waals surface area contributed by atoms with Crippen molar-refractivity contribution >= 4 is 33.4 Å². The number of aryl methyl sites for hydroxylation is 1. The lowest BCUT2D eigenvalue weighted by molar-refractivity contribution is 0.0961. The molecule has 0 unspecified atom stereocenters. The van der Waals surface area contributed by atoms with E-state index >= 15 is 0 Å². The molecule has 0 aliphatic rings. The number of carbonyl (C=O) groups excluding carboxylic acids is 1. The van der Waals surface area contributed by atoms with Crippen LogP contribution < -0.4 is 0 Å². The minimum Gasteiger partial charge on any atom is -0.292 e. The van der Waals surface area contributed by atoms with Crippen molar-refractivity contribution in [2.45, 2.75) is 13.5 Å². The van der Waals surface area contributed by atoms with Gasteiger partial charge in [-0.15, -0.1) is 10.2 Å². The Balaban J connectivity index is 1.79. The number of allylic oxidation sites excluding steroid dienone is 1. The van der Waals surface area contributed by atoms with E-state index in [9.17, 15) is 10.1 Å². The summed E-state index contributed by atoms with van der Waals surface area (Å²) in [5.74, 6) is 0.0558. The monoisotopic (exact) mass is 407 g/mol. The molecule has 0 N–H and O–H groups in total. The van der Waals surface area contributed by atoms with Crippen LogP contribution in [0.3, 0.4) is 0 Å². The largest absolute Gasteiger partial charge is 0.292 e. The second kappa shape index (κ2) is 7.85. The van der Waals surface area contributed by atoms with Crippen LogP contribution >= 0.6 is 15.9 Å². The molecular weight excluding hydrogens is 394 g/mol. The van der Waals surface area contributed by atoms with Crippen molar-refractivity contribution < 1.29 is 4.79 Å². The maximum atomic E-state index is 12.3. The van der Waals surface area contributed by atoms with E-state index < -0.39 is 0 Å². The average Bonchev–Trinajstić information content (AvgIpc) is 3.08. The molecule has 0 amide bonds. The Morgan fingerprint density at radius 1 is 1.27 bits per heavy atom. The third-order valence-electron chi connectivity index (χ3n) is 3.62. The summed E-state index contributed by atoms with van der Waals surface area (Å²) in [6, 6.07) is 16.9. The highest BCUT2D eigenvalue weighted by Gasteiger charge is 2.13. The maximum absolute atomic E-state index is 12.3. The Morgan fingerprint density at radius 3 is 2.73 bits per heavy atom. The van der Waals surface area contributed by atoms with E-state index in [1.54, 1.807) is 30.3 Å². The SMILES string of the molecule is Cc1cccc(/C=C(\C#N)c2nnn(CC(=O)c3ccc(Br)cc3)n2)c1. The van der Waals surface area contributed by atoms with Crippen molar-refractivity contribution in [3.63, 3.8) is 0 Å². The summed E-state index contributed by atoms with van der Waals surface area (Å²) in [5, 5.41) is 21.3. The Hall–Kier alpha value is -3.11. The van der Waals surface area contributed by atoms with Gasteiger partial charge in [0.05, 0.1) is 0 Å². The van der Waals surface area contributed by atoms with Crippen LogP contribution in [-0.2, 0) is 6.54 Å². The summed E-state index contributed by atoms with van der Waals surface area (Å²) in [7, 11) is 0. The first kappa shape index (κ1) is 17.7. The molecule has 7 heteroatoms. The van der Waals surface area contributed by atoms with E-state index in [1.807, 2.05) is 31.2 Å². The van der Waals surface area contributed by atoms with Crippen LogP contribution in [0.4, 0.5) is 0 Å². The van der Waals surface area contributed by atoms with E-state index in [1.165, 1.54) is 4.80 Å². The minimum atomic E-state index is -0.136. The van der Waals surface area contributed by atoms with Crippen LogP contribution in [0.1, 0.15) is 27.3 Å². The first-order valence-electron chi connectivity index (χ1n) is 7.80. The first-order chi connectivity index (χ1) is 12.5. The van der Waals surface area contributed by atoms with Crippen LogP contribution in [0.25, 0.3) is 11.6 Å². The van der Waals surface area contributed by atoms with Gasteiger partial charge in [-0.3, -0.25) is 4.79 Å². The van der Waals surface area contributed by atoms with Gasteiger partial charge in [-0.1, -0.05) is 57.9 Å². The van der Waals surface area contributed by atoms with Crippen molar-refractivity contribution in [3.05, 3.63) is 75.5 Å². The Kier molecular flexibility index (Phi) is 5.34. The third kappa shape index (κ3) is 4.29. The Bertz CT molecular complexity index is 1010. The lowest BCUT2D eigenvalue weighted by atomic mass is 10.1. The number of nitriles is 1. The van der Waals surface area contributed by atoms with Crippen LogP contribution in [0.2, 0.25) is 0 Å². The van der Waals surface area contributed by atoms with Crippen LogP contribution in [-0.4, -0.2) is 26.0 Å². The molecule has 1 aromatic heterocycles. The predicted octanol–water partition coefficient (Wildman–Crippen LogP) is 3.69. The molecule has 0 fully saturated rings. The number of rotatable bonds is 5. The second-order valence-electron chi connectivity index (χ2n) is 5.66. The number of aromatic nitrogens is 4. The Labute approximate surface area is 158 Å². The van der Waals surface area contributed by atoms with E-state index in [0.717, 1.165) is 15.6 Å². The number of ketones is 1. The summed E-state index contributed by atoms with van der Waals surface area (Å²) >= 11 is 3.33. The number of hydrogen-bond donors (Lipinski definition) is 0. The molecule has 0 radical (unpaired) electrons. The zero-order valence-corrected chi connectivity index (χ0v) is 15.5. The highest BCUT2D eigenvalue weighted by Crippen LogP contribution is 2.15. The van der Waals surface area contributed by atoms with E-state index in [0.29, 0.717) is 5.56 Å². The van der Waals surface area contributed by atoms with Gasteiger partial charge in [0.1, 0.15) is 18.2 Å². The number of nitrogens with zero attached hydrogens (tertiary/aromatic N) is 5. The van der Waals surface area contributed by atoms with Crippen LogP contribution in [0.5, 0.6) is 0 Å². The smallest absolute Gasteiger partial charge is 0.215 e. The maximum Gasteiger partial charge on any atom is 0.215 e. The summed E-state index contributed by atoms with van der Waals surface area (Å²) in [4.78, 5) is 13.5. The van der Waals surface area contributed by atoms with Gasteiger partial charge in [-0.05, 0) is 35.9 Å². The molecule has 0 spiro atoms. The van der Waals surface area contributed by atoms with Gasteiger partial charge in [-0.2, -0.15) is 10.1 Å². The number of benzene rings is 2. The first-order valence-corrected chi connectivity index (χ1v) is 8.60. The topological polar surface area (TPSA) is 84.5 Å². The summed E-state index contributed by atoms with van der Waals surface area (Å²) < 4.78 is 0.898. The quantitative estimate of drug-likeness (QED) is 0.475. The van der Waals surface area contributed by atoms with Gasteiger partial charge in [-0.25, -0.2) is 0 Å². The number of carbonyl (C=O) groups is 1. The molecule has 0 atom stereocenters. The fourth-order valence-electron chi connectivity index (χ4n) is 2.35. The molecule has 6 nitrogen and oxygen atoms in total. The molecule has 0 saturated heterocycles. The predicted molar refractivity (Wildman–Crippen MR) is 101 cm³/mol. The van der Waals surface area contributed by atoms with Gasteiger partial charge < -0.3 is 0 Å². The highest BCUT2D eigenvalue weighted by atomic mass is 79.9. The van der Waals surface area contributed by atoms with E-state index in [-0.39, 0.29) is 23.7 Å². The summed E-state index contributed by atoms with van der Waals surface area (Å²) in [5.41, 5.74) is 2.82. The molecule has 0 aliphatic heterocycles. The number of tetrazole rings is 1. The second-order valence-corrected chi connectivity index (χ2v) is 6.57. The molecule has 0 saturated carbocycles. The van der Waals surface area contributed by atoms with Crippen LogP contribution in [0, 0.1) is 18.3 Å². The van der Waals surface area contributed by atoms with Gasteiger partial charge >= 0.3 is 0 Å². The number of Topliss-reactive ketones (excluding diaryl/α,β-unsaturated/α-hetero) is 1. The van der Waals surface area contributed by atoms with E-state index in [2.05, 4.69) is 37.4 Å². The zero-order chi connectivity index (χ0) is 18.5. The molecule has 3 aromatic rings. The average molecular weight is 408 g/mol. The van der Waals surface area contributed by atoms with Crippen LogP contribution in [0.15, 0.2) is 53.0 Å². The van der Waals surface area contributed by atoms with Crippen molar-refractivity contribution in [1.82, 2.24) is 20.2 Å². The Morgan fingerprint density at radius 2 is 2.04 bits per heavy atom. The summed E-state index contributed by atoms with van der Waals surface area (Å²) in [6.45, 7) is 1.93. The lowest BCUT2D eigenvalue weighted by Gasteiger charge is -2.00. The molecule has 26 heavy (non-hydrogen) atoms. The third-order valence-corrected chi connectivity index (χ3v) is 4.15. The fourth-order valence-corrected chi connectivity index (χ4v) is 2.61. The van der Waals surface area contributed by atoms with Gasteiger partial charge in [0, 0.05) is 10.0 Å². The zero-order valence-electron chi connectivity index (χ0n) is 13.9. The van der Waals surface area contributed by atoms with Gasteiger partial charge in [0.25, 0.3) is 0 Å². The number of halogens is 1.